The van der Waals surface area contributed by atoms with Gasteiger partial charge in [-0.15, -0.1) is 0 Å². The molecule has 0 fully saturated rings. The zero-order valence-electron chi connectivity index (χ0n) is 12.3. The van der Waals surface area contributed by atoms with Crippen molar-refractivity contribution >= 4 is 21.9 Å². The van der Waals surface area contributed by atoms with Gasteiger partial charge in [-0.3, -0.25) is 0 Å². The molecule has 0 spiro atoms. The van der Waals surface area contributed by atoms with Gasteiger partial charge in [-0.25, -0.2) is 4.79 Å². The monoisotopic (exact) mass is 378 g/mol. The number of esters is 1. The molecule has 0 amide bonds. The largest absolute Gasteiger partial charge is 0.490 e. The van der Waals surface area contributed by atoms with Crippen LogP contribution in [0.2, 0.25) is 0 Å². The number of carbonyl (C=O) groups excluding carboxylic acids is 1. The number of halogens is 1. The van der Waals surface area contributed by atoms with E-state index in [1.165, 1.54) is 0 Å². The van der Waals surface area contributed by atoms with Crippen molar-refractivity contribution in [1.82, 2.24) is 0 Å². The molecule has 0 unspecified atom stereocenters. The molecule has 0 aliphatic carbocycles. The highest BCUT2D eigenvalue weighted by Crippen LogP contribution is 2.30. The van der Waals surface area contributed by atoms with E-state index < -0.39 is 5.97 Å². The van der Waals surface area contributed by atoms with Crippen molar-refractivity contribution in [3.63, 3.8) is 0 Å². The van der Waals surface area contributed by atoms with Crippen molar-refractivity contribution in [3.05, 3.63) is 52.5 Å². The lowest BCUT2D eigenvalue weighted by atomic mass is 10.2. The van der Waals surface area contributed by atoms with Gasteiger partial charge in [0.2, 0.25) is 0 Å². The Labute approximate surface area is 142 Å². The van der Waals surface area contributed by atoms with E-state index in [4.69, 9.17) is 18.9 Å². The average molecular weight is 379 g/mol. The van der Waals surface area contributed by atoms with Gasteiger partial charge in [0.15, 0.2) is 11.5 Å². The molecule has 3 rings (SSSR count). The van der Waals surface area contributed by atoms with Gasteiger partial charge in [-0.1, -0.05) is 15.9 Å². The molecular weight excluding hydrogens is 364 g/mol. The molecule has 1 aliphatic heterocycles. The summed E-state index contributed by atoms with van der Waals surface area (Å²) in [6.07, 6.45) is 0. The highest BCUT2D eigenvalue weighted by atomic mass is 79.9. The van der Waals surface area contributed by atoms with E-state index in [1.807, 2.05) is 24.3 Å². The van der Waals surface area contributed by atoms with E-state index in [0.29, 0.717) is 30.3 Å². The molecule has 0 N–H and O–H groups in total. The van der Waals surface area contributed by atoms with Crippen molar-refractivity contribution < 1.29 is 23.7 Å². The Bertz CT molecular complexity index is 684. The smallest absolute Gasteiger partial charge is 0.338 e. The Morgan fingerprint density at radius 2 is 1.74 bits per heavy atom. The number of rotatable bonds is 5. The molecule has 2 aromatic rings. The molecule has 5 nitrogen and oxygen atoms in total. The van der Waals surface area contributed by atoms with Gasteiger partial charge in [-0.2, -0.15) is 0 Å². The van der Waals surface area contributed by atoms with E-state index in [-0.39, 0.29) is 13.2 Å². The third kappa shape index (κ3) is 4.16. The second-order valence-electron chi connectivity index (χ2n) is 4.80. The average Bonchev–Trinajstić information content (AvgIpc) is 2.59. The van der Waals surface area contributed by atoms with Crippen LogP contribution >= 0.6 is 15.9 Å². The summed E-state index contributed by atoms with van der Waals surface area (Å²) in [6, 6.07) is 12.5. The van der Waals surface area contributed by atoms with Crippen molar-refractivity contribution in [2.24, 2.45) is 0 Å². The van der Waals surface area contributed by atoms with Crippen LogP contribution in [0.1, 0.15) is 10.4 Å². The molecule has 0 aromatic heterocycles. The summed E-state index contributed by atoms with van der Waals surface area (Å²) >= 11 is 3.35. The van der Waals surface area contributed by atoms with E-state index >= 15 is 0 Å². The van der Waals surface area contributed by atoms with E-state index in [1.54, 1.807) is 18.2 Å². The molecule has 23 heavy (non-hydrogen) atoms. The third-order valence-electron chi connectivity index (χ3n) is 3.18. The summed E-state index contributed by atoms with van der Waals surface area (Å²) in [6.45, 7) is 1.46. The summed E-state index contributed by atoms with van der Waals surface area (Å²) in [5, 5.41) is 0. The lowest BCUT2D eigenvalue weighted by Crippen LogP contribution is -2.16. The van der Waals surface area contributed by atoms with Crippen LogP contribution in [-0.4, -0.2) is 32.4 Å². The quantitative estimate of drug-likeness (QED) is 0.588. The van der Waals surface area contributed by atoms with Crippen LogP contribution in [0.25, 0.3) is 0 Å². The Balaban J connectivity index is 1.48. The van der Waals surface area contributed by atoms with Crippen molar-refractivity contribution in [1.29, 1.82) is 0 Å². The van der Waals surface area contributed by atoms with Crippen LogP contribution in [0.4, 0.5) is 0 Å². The molecule has 0 bridgehead atoms. The number of ether oxygens (including phenoxy) is 4. The van der Waals surface area contributed by atoms with Gasteiger partial charge in [0.1, 0.15) is 32.2 Å². The summed E-state index contributed by atoms with van der Waals surface area (Å²) in [4.78, 5) is 12.0. The predicted octanol–water partition coefficient (Wildman–Crippen LogP) is 3.46. The Morgan fingerprint density at radius 3 is 2.52 bits per heavy atom. The number of hydrogen-bond acceptors (Lipinski definition) is 5. The first-order chi connectivity index (χ1) is 11.2. The second-order valence-corrected chi connectivity index (χ2v) is 5.71. The SMILES string of the molecule is O=C(OCCOc1ccc(Br)cc1)c1ccc2c(c1)OCCO2. The fourth-order valence-corrected chi connectivity index (χ4v) is 2.34. The first kappa shape index (κ1) is 15.7. The van der Waals surface area contributed by atoms with Gasteiger partial charge in [0.25, 0.3) is 0 Å². The first-order valence-corrected chi connectivity index (χ1v) is 7.97. The highest BCUT2D eigenvalue weighted by molar-refractivity contribution is 9.10. The molecular formula is C17H15BrO5. The topological polar surface area (TPSA) is 54.0 Å². The Hall–Kier alpha value is -2.21. The highest BCUT2D eigenvalue weighted by Gasteiger charge is 2.15. The van der Waals surface area contributed by atoms with Gasteiger partial charge >= 0.3 is 5.97 Å². The van der Waals surface area contributed by atoms with E-state index in [0.717, 1.165) is 10.2 Å². The zero-order chi connectivity index (χ0) is 16.1. The standard InChI is InChI=1S/C17H15BrO5/c18-13-2-4-14(5-3-13)20-7-10-23-17(19)12-1-6-15-16(11-12)22-9-8-21-15/h1-6,11H,7-10H2. The fraction of sp³-hybridized carbons (Fsp3) is 0.235. The second kappa shape index (κ2) is 7.37. The predicted molar refractivity (Wildman–Crippen MR) is 87.4 cm³/mol. The molecule has 1 aliphatic rings. The first-order valence-electron chi connectivity index (χ1n) is 7.17. The molecule has 2 aromatic carbocycles. The third-order valence-corrected chi connectivity index (χ3v) is 3.71. The van der Waals surface area contributed by atoms with Crippen LogP contribution in [0.3, 0.4) is 0 Å². The number of carbonyl (C=O) groups is 1. The van der Waals surface area contributed by atoms with Gasteiger partial charge in [-0.05, 0) is 42.5 Å². The zero-order valence-corrected chi connectivity index (χ0v) is 13.9. The molecule has 0 saturated heterocycles. The fourth-order valence-electron chi connectivity index (χ4n) is 2.08. The van der Waals surface area contributed by atoms with Gasteiger partial charge < -0.3 is 18.9 Å². The maximum absolute atomic E-state index is 12.0. The Kier molecular flexibility index (Phi) is 5.02. The lowest BCUT2D eigenvalue weighted by Gasteiger charge is -2.18. The Morgan fingerprint density at radius 1 is 1.00 bits per heavy atom. The molecule has 1 heterocycles. The van der Waals surface area contributed by atoms with E-state index in [9.17, 15) is 4.79 Å². The maximum Gasteiger partial charge on any atom is 0.338 e. The minimum atomic E-state index is -0.415. The molecule has 6 heteroatoms. The number of hydrogen-bond donors (Lipinski definition) is 0. The summed E-state index contributed by atoms with van der Waals surface area (Å²) in [5.41, 5.74) is 0.429. The van der Waals surface area contributed by atoms with Gasteiger partial charge in [0.05, 0.1) is 5.56 Å². The van der Waals surface area contributed by atoms with E-state index in [2.05, 4.69) is 15.9 Å². The number of benzene rings is 2. The van der Waals surface area contributed by atoms with Crippen molar-refractivity contribution in [2.75, 3.05) is 26.4 Å². The van der Waals surface area contributed by atoms with Crippen molar-refractivity contribution in [3.8, 4) is 17.2 Å². The van der Waals surface area contributed by atoms with Crippen LogP contribution in [0.15, 0.2) is 46.9 Å². The normalized spacial score (nSPS) is 12.6. The minimum absolute atomic E-state index is 0.170. The van der Waals surface area contributed by atoms with Crippen LogP contribution in [0.5, 0.6) is 17.2 Å². The van der Waals surface area contributed by atoms with Crippen LogP contribution in [0, 0.1) is 0 Å². The minimum Gasteiger partial charge on any atom is -0.490 e. The molecule has 0 radical (unpaired) electrons. The van der Waals surface area contributed by atoms with Gasteiger partial charge in [0, 0.05) is 4.47 Å². The van der Waals surface area contributed by atoms with Crippen LogP contribution in [-0.2, 0) is 4.74 Å². The molecule has 120 valence electrons. The molecule has 0 saturated carbocycles. The summed E-state index contributed by atoms with van der Waals surface area (Å²) < 4.78 is 22.5. The molecule has 0 atom stereocenters. The number of fused-ring (bicyclic) bond motifs is 1. The summed E-state index contributed by atoms with van der Waals surface area (Å²) in [7, 11) is 0. The van der Waals surface area contributed by atoms with Crippen LogP contribution < -0.4 is 14.2 Å². The maximum atomic E-state index is 12.0. The van der Waals surface area contributed by atoms with Crippen molar-refractivity contribution in [2.45, 2.75) is 0 Å². The lowest BCUT2D eigenvalue weighted by molar-refractivity contribution is 0.0449. The summed E-state index contributed by atoms with van der Waals surface area (Å²) in [5.74, 6) is 1.52.